The molecule has 0 radical (unpaired) electrons. The maximum atomic E-state index is 13.3. The van der Waals surface area contributed by atoms with Crippen LogP contribution in [0.1, 0.15) is 46.4 Å². The van der Waals surface area contributed by atoms with Gasteiger partial charge in [0.1, 0.15) is 11.9 Å². The number of amides is 4. The van der Waals surface area contributed by atoms with E-state index >= 15 is 0 Å². The smallest absolute Gasteiger partial charge is 0.262 e. The number of hydrogen-bond acceptors (Lipinski definition) is 9. The van der Waals surface area contributed by atoms with Gasteiger partial charge in [-0.15, -0.1) is 0 Å². The Morgan fingerprint density at radius 1 is 0.760 bits per heavy atom. The Kier molecular flexibility index (Phi) is 7.16. The summed E-state index contributed by atoms with van der Waals surface area (Å²) in [6, 6.07) is 17.1. The standard InChI is InChI=1S/C38H35N7O5/c1-42-31-10-13-39-19-30(31)27-5-2-22(16-33(27)42)23-3-8-34(40-18-23)44-20-26(21-44)50-25-11-14-43(15-12-25)24-4-6-28-29(17-24)38(49)45(37(28)48)32-7-9-35(46)41-36(32)47/h2-6,8,10,13,16-19,25-26,32H,7,9,11-12,14-15,20-21H2,1H3,(H,41,46,47). The van der Waals surface area contributed by atoms with Gasteiger partial charge in [0.05, 0.1) is 28.9 Å². The Labute approximate surface area is 287 Å². The number of imide groups is 2. The number of aromatic nitrogens is 3. The van der Waals surface area contributed by atoms with E-state index in [1.807, 2.05) is 30.7 Å². The maximum absolute atomic E-state index is 13.3. The number of hydrogen-bond donors (Lipinski definition) is 1. The fraction of sp³-hybridized carbons (Fsp3) is 0.316. The summed E-state index contributed by atoms with van der Waals surface area (Å²) >= 11 is 0. The fourth-order valence-corrected chi connectivity index (χ4v) is 7.87. The molecular formula is C38H35N7O5. The monoisotopic (exact) mass is 669 g/mol. The first-order valence-electron chi connectivity index (χ1n) is 17.1. The molecule has 3 aromatic heterocycles. The molecule has 12 nitrogen and oxygen atoms in total. The van der Waals surface area contributed by atoms with E-state index in [-0.39, 0.29) is 31.0 Å². The maximum Gasteiger partial charge on any atom is 0.262 e. The summed E-state index contributed by atoms with van der Waals surface area (Å²) in [6.45, 7) is 3.13. The minimum atomic E-state index is -0.968. The van der Waals surface area contributed by atoms with E-state index in [1.54, 1.807) is 12.1 Å². The van der Waals surface area contributed by atoms with E-state index in [4.69, 9.17) is 9.72 Å². The van der Waals surface area contributed by atoms with Crippen molar-refractivity contribution < 1.29 is 23.9 Å². The zero-order chi connectivity index (χ0) is 34.1. The number of nitrogens with zero attached hydrogens (tertiary/aromatic N) is 6. The normalized spacial score (nSPS) is 20.2. The lowest BCUT2D eigenvalue weighted by Crippen LogP contribution is -2.54. The van der Waals surface area contributed by atoms with Crippen LogP contribution < -0.4 is 15.1 Å². The van der Waals surface area contributed by atoms with Crippen molar-refractivity contribution in [3.8, 4) is 11.1 Å². The van der Waals surface area contributed by atoms with Gasteiger partial charge in [-0.3, -0.25) is 34.4 Å². The third-order valence-electron chi connectivity index (χ3n) is 10.7. The molecule has 0 saturated carbocycles. The van der Waals surface area contributed by atoms with Gasteiger partial charge in [0.2, 0.25) is 11.8 Å². The number of anilines is 2. The Bertz CT molecular complexity index is 2220. The lowest BCUT2D eigenvalue weighted by molar-refractivity contribution is -0.136. The molecule has 3 saturated heterocycles. The van der Waals surface area contributed by atoms with Gasteiger partial charge in [0.15, 0.2) is 0 Å². The number of carbonyl (C=O) groups excluding carboxylic acids is 4. The van der Waals surface area contributed by atoms with Gasteiger partial charge in [-0.05, 0) is 67.3 Å². The molecular weight excluding hydrogens is 634 g/mol. The quantitative estimate of drug-likeness (QED) is 0.266. The zero-order valence-electron chi connectivity index (χ0n) is 27.5. The molecule has 9 rings (SSSR count). The molecule has 0 aliphatic carbocycles. The second kappa shape index (κ2) is 11.8. The molecule has 4 amide bonds. The molecule has 1 N–H and O–H groups in total. The Morgan fingerprint density at radius 2 is 1.56 bits per heavy atom. The summed E-state index contributed by atoms with van der Waals surface area (Å²) in [4.78, 5) is 64.8. The van der Waals surface area contributed by atoms with Crippen molar-refractivity contribution in [3.05, 3.63) is 84.3 Å². The number of aryl methyl sites for hydroxylation is 1. The second-order valence-electron chi connectivity index (χ2n) is 13.6. The van der Waals surface area contributed by atoms with E-state index in [2.05, 4.69) is 62.0 Å². The van der Waals surface area contributed by atoms with Gasteiger partial charge >= 0.3 is 0 Å². The van der Waals surface area contributed by atoms with Gasteiger partial charge in [-0.2, -0.15) is 0 Å². The van der Waals surface area contributed by atoms with Crippen molar-refractivity contribution in [1.82, 2.24) is 24.8 Å². The second-order valence-corrected chi connectivity index (χ2v) is 13.6. The number of fused-ring (bicyclic) bond motifs is 4. The predicted octanol–water partition coefficient (Wildman–Crippen LogP) is 4.06. The molecule has 3 fully saturated rings. The average Bonchev–Trinajstić information content (AvgIpc) is 3.55. The van der Waals surface area contributed by atoms with Crippen LogP contribution in [-0.4, -0.2) is 87.5 Å². The summed E-state index contributed by atoms with van der Waals surface area (Å²) < 4.78 is 8.68. The molecule has 5 aromatic rings. The van der Waals surface area contributed by atoms with E-state index in [1.165, 1.54) is 10.9 Å². The molecule has 4 aliphatic heterocycles. The topological polar surface area (TPSA) is 130 Å². The first kappa shape index (κ1) is 30.4. The van der Waals surface area contributed by atoms with Crippen LogP contribution in [0, 0.1) is 0 Å². The molecule has 2 aromatic carbocycles. The number of nitrogens with one attached hydrogen (secondary N) is 1. The van der Waals surface area contributed by atoms with Crippen molar-refractivity contribution in [2.75, 3.05) is 36.0 Å². The zero-order valence-corrected chi connectivity index (χ0v) is 27.5. The van der Waals surface area contributed by atoms with E-state index in [0.29, 0.717) is 11.1 Å². The lowest BCUT2D eigenvalue weighted by atomic mass is 10.0. The van der Waals surface area contributed by atoms with Gasteiger partial charge in [-0.1, -0.05) is 12.1 Å². The van der Waals surface area contributed by atoms with Crippen molar-refractivity contribution >= 4 is 56.9 Å². The highest BCUT2D eigenvalue weighted by Crippen LogP contribution is 2.34. The average molecular weight is 670 g/mol. The molecule has 7 heterocycles. The fourth-order valence-electron chi connectivity index (χ4n) is 7.87. The number of pyridine rings is 2. The number of carbonyl (C=O) groups is 4. The van der Waals surface area contributed by atoms with Crippen LogP contribution in [0.15, 0.2) is 73.2 Å². The third-order valence-corrected chi connectivity index (χ3v) is 10.7. The van der Waals surface area contributed by atoms with Crippen LogP contribution in [0.5, 0.6) is 0 Å². The molecule has 252 valence electrons. The highest BCUT2D eigenvalue weighted by Gasteiger charge is 2.45. The summed E-state index contributed by atoms with van der Waals surface area (Å²) in [5.74, 6) is -1.03. The minimum Gasteiger partial charge on any atom is -0.371 e. The van der Waals surface area contributed by atoms with Gasteiger partial charge in [0, 0.05) is 85.8 Å². The highest BCUT2D eigenvalue weighted by molar-refractivity contribution is 6.23. The molecule has 0 spiro atoms. The van der Waals surface area contributed by atoms with E-state index < -0.39 is 23.8 Å². The molecule has 12 heteroatoms. The van der Waals surface area contributed by atoms with Crippen molar-refractivity contribution in [2.24, 2.45) is 7.05 Å². The summed E-state index contributed by atoms with van der Waals surface area (Å²) in [6.07, 6.45) is 7.94. The van der Waals surface area contributed by atoms with Gasteiger partial charge in [-0.25, -0.2) is 4.98 Å². The highest BCUT2D eigenvalue weighted by atomic mass is 16.5. The van der Waals surface area contributed by atoms with Crippen LogP contribution in [0.3, 0.4) is 0 Å². The first-order chi connectivity index (χ1) is 24.3. The molecule has 1 atom stereocenters. The Morgan fingerprint density at radius 3 is 2.34 bits per heavy atom. The summed E-state index contributed by atoms with van der Waals surface area (Å²) in [7, 11) is 2.09. The van der Waals surface area contributed by atoms with Crippen LogP contribution >= 0.6 is 0 Å². The molecule has 4 aliphatic rings. The molecule has 0 bridgehead atoms. The largest absolute Gasteiger partial charge is 0.371 e. The van der Waals surface area contributed by atoms with Crippen molar-refractivity contribution in [1.29, 1.82) is 0 Å². The number of benzene rings is 2. The molecule has 1 unspecified atom stereocenters. The predicted molar refractivity (Wildman–Crippen MR) is 187 cm³/mol. The van der Waals surface area contributed by atoms with Gasteiger partial charge < -0.3 is 19.1 Å². The van der Waals surface area contributed by atoms with Gasteiger partial charge in [0.25, 0.3) is 11.8 Å². The van der Waals surface area contributed by atoms with E-state index in [9.17, 15) is 19.2 Å². The third kappa shape index (κ3) is 5.01. The van der Waals surface area contributed by atoms with Crippen LogP contribution in [0.25, 0.3) is 32.9 Å². The summed E-state index contributed by atoms with van der Waals surface area (Å²) in [5, 5.41) is 4.59. The minimum absolute atomic E-state index is 0.0957. The number of ether oxygens (including phenoxy) is 1. The van der Waals surface area contributed by atoms with Crippen LogP contribution in [0.4, 0.5) is 11.5 Å². The van der Waals surface area contributed by atoms with Crippen LogP contribution in [-0.2, 0) is 21.4 Å². The van der Waals surface area contributed by atoms with Crippen LogP contribution in [0.2, 0.25) is 0 Å². The number of rotatable bonds is 6. The SMILES string of the molecule is Cn1c2ccncc2c2ccc(-c3ccc(N4CC(OC5CCN(c6ccc7c(c6)C(=O)N(C6CCC(=O)NC6=O)C7=O)CC5)C4)nc3)cc21. The van der Waals surface area contributed by atoms with Crippen molar-refractivity contribution in [2.45, 2.75) is 43.9 Å². The van der Waals surface area contributed by atoms with E-state index in [0.717, 1.165) is 77.5 Å². The van der Waals surface area contributed by atoms with Crippen molar-refractivity contribution in [3.63, 3.8) is 0 Å². The number of piperidine rings is 2. The Hall–Kier alpha value is -5.62. The Balaban J connectivity index is 0.783. The molecule has 50 heavy (non-hydrogen) atoms. The lowest BCUT2D eigenvalue weighted by Gasteiger charge is -2.43. The first-order valence-corrected chi connectivity index (χ1v) is 17.1. The summed E-state index contributed by atoms with van der Waals surface area (Å²) in [5.41, 5.74) is 5.99.